The topological polar surface area (TPSA) is 52.3 Å². The minimum atomic E-state index is -0.0955. The maximum atomic E-state index is 12.3. The molecule has 0 aliphatic heterocycles. The molecule has 0 saturated heterocycles. The van der Waals surface area contributed by atoms with E-state index in [1.165, 1.54) is 0 Å². The number of benzene rings is 2. The minimum absolute atomic E-state index is 0.0955. The van der Waals surface area contributed by atoms with Crippen LogP contribution in [0.2, 0.25) is 0 Å². The fourth-order valence-electron chi connectivity index (χ4n) is 1.75. The van der Waals surface area contributed by atoms with Gasteiger partial charge in [-0.05, 0) is 49.4 Å². The molecule has 0 aliphatic carbocycles. The monoisotopic (exact) mass is 319 g/mol. The molecule has 98 valence electrons. The van der Waals surface area contributed by atoms with Crippen molar-refractivity contribution in [3.63, 3.8) is 0 Å². The summed E-state index contributed by atoms with van der Waals surface area (Å²) < 4.78 is 6.18. The van der Waals surface area contributed by atoms with Crippen LogP contribution >= 0.6 is 15.9 Å². The largest absolute Gasteiger partial charge is 0.494 e. The van der Waals surface area contributed by atoms with Crippen molar-refractivity contribution in [3.8, 4) is 5.75 Å². The summed E-state index contributed by atoms with van der Waals surface area (Å²) in [5.41, 5.74) is 7.40. The van der Waals surface area contributed by atoms with Crippen molar-refractivity contribution >= 4 is 27.4 Å². The van der Waals surface area contributed by atoms with Gasteiger partial charge in [0.2, 0.25) is 0 Å². The van der Waals surface area contributed by atoms with Gasteiger partial charge in [0.1, 0.15) is 5.75 Å². The van der Waals surface area contributed by atoms with Gasteiger partial charge in [-0.15, -0.1) is 0 Å². The number of ketones is 1. The minimum Gasteiger partial charge on any atom is -0.494 e. The lowest BCUT2D eigenvalue weighted by molar-refractivity contribution is 0.103. The van der Waals surface area contributed by atoms with Crippen molar-refractivity contribution in [1.29, 1.82) is 0 Å². The number of halogens is 1. The van der Waals surface area contributed by atoms with Crippen LogP contribution < -0.4 is 10.5 Å². The van der Waals surface area contributed by atoms with E-state index < -0.39 is 0 Å². The molecule has 0 radical (unpaired) electrons. The first-order chi connectivity index (χ1) is 9.11. The number of carbonyl (C=O) groups is 1. The lowest BCUT2D eigenvalue weighted by Crippen LogP contribution is -2.05. The molecule has 0 aromatic heterocycles. The number of hydrogen-bond donors (Lipinski definition) is 1. The molecule has 3 nitrogen and oxygen atoms in total. The van der Waals surface area contributed by atoms with Crippen LogP contribution in [0, 0.1) is 0 Å². The molecule has 0 aliphatic rings. The Bertz CT molecular complexity index is 594. The Morgan fingerprint density at radius 2 is 1.89 bits per heavy atom. The van der Waals surface area contributed by atoms with E-state index in [0.29, 0.717) is 23.4 Å². The maximum absolute atomic E-state index is 12.3. The molecular weight excluding hydrogens is 306 g/mol. The first-order valence-electron chi connectivity index (χ1n) is 5.94. The van der Waals surface area contributed by atoms with Gasteiger partial charge in [0.05, 0.1) is 6.61 Å². The van der Waals surface area contributed by atoms with Crippen LogP contribution in [0.1, 0.15) is 22.8 Å². The van der Waals surface area contributed by atoms with Crippen molar-refractivity contribution in [1.82, 2.24) is 0 Å². The van der Waals surface area contributed by atoms with E-state index in [2.05, 4.69) is 15.9 Å². The Hall–Kier alpha value is -1.81. The van der Waals surface area contributed by atoms with E-state index in [0.717, 1.165) is 10.2 Å². The highest BCUT2D eigenvalue weighted by Crippen LogP contribution is 2.22. The van der Waals surface area contributed by atoms with Gasteiger partial charge in [-0.3, -0.25) is 4.79 Å². The molecule has 2 N–H and O–H groups in total. The number of ether oxygens (including phenoxy) is 1. The Kier molecular flexibility index (Phi) is 4.22. The van der Waals surface area contributed by atoms with E-state index >= 15 is 0 Å². The summed E-state index contributed by atoms with van der Waals surface area (Å²) in [5, 5.41) is 0. The van der Waals surface area contributed by atoms with Crippen molar-refractivity contribution in [3.05, 3.63) is 58.1 Å². The van der Waals surface area contributed by atoms with Gasteiger partial charge in [0.25, 0.3) is 0 Å². The third-order valence-electron chi connectivity index (χ3n) is 2.69. The van der Waals surface area contributed by atoms with Crippen molar-refractivity contribution in [2.24, 2.45) is 0 Å². The number of anilines is 1. The summed E-state index contributed by atoms with van der Waals surface area (Å²) in [6.45, 7) is 2.52. The van der Waals surface area contributed by atoms with Gasteiger partial charge in [0.15, 0.2) is 5.78 Å². The molecule has 4 heteroatoms. The van der Waals surface area contributed by atoms with E-state index in [1.54, 1.807) is 36.4 Å². The zero-order valence-electron chi connectivity index (χ0n) is 10.5. The molecule has 0 unspecified atom stereocenters. The number of nitrogens with two attached hydrogens (primary N) is 1. The van der Waals surface area contributed by atoms with Crippen LogP contribution in [0.15, 0.2) is 46.9 Å². The molecule has 19 heavy (non-hydrogen) atoms. The zero-order valence-corrected chi connectivity index (χ0v) is 12.1. The number of rotatable bonds is 4. The highest BCUT2D eigenvalue weighted by atomic mass is 79.9. The summed E-state index contributed by atoms with van der Waals surface area (Å²) in [7, 11) is 0. The molecule has 0 fully saturated rings. The average molecular weight is 320 g/mol. The molecule has 0 bridgehead atoms. The number of nitrogen functional groups attached to an aromatic ring is 1. The predicted molar refractivity (Wildman–Crippen MR) is 79.6 cm³/mol. The lowest BCUT2D eigenvalue weighted by atomic mass is 10.0. The summed E-state index contributed by atoms with van der Waals surface area (Å²) in [6, 6.07) is 12.3. The van der Waals surface area contributed by atoms with Crippen LogP contribution in [0.4, 0.5) is 5.69 Å². The van der Waals surface area contributed by atoms with Gasteiger partial charge in [-0.25, -0.2) is 0 Å². The molecular formula is C15H14BrNO2. The zero-order chi connectivity index (χ0) is 13.8. The third kappa shape index (κ3) is 3.15. The SMILES string of the molecule is CCOc1ccc(C(=O)c2cc(Br)ccc2N)cc1. The highest BCUT2D eigenvalue weighted by Gasteiger charge is 2.12. The second-order valence-corrected chi connectivity index (χ2v) is 4.93. The summed E-state index contributed by atoms with van der Waals surface area (Å²) in [5.74, 6) is 0.656. The fourth-order valence-corrected chi connectivity index (χ4v) is 2.11. The van der Waals surface area contributed by atoms with Crippen LogP contribution in [0.3, 0.4) is 0 Å². The highest BCUT2D eigenvalue weighted by molar-refractivity contribution is 9.10. The Morgan fingerprint density at radius 1 is 1.21 bits per heavy atom. The van der Waals surface area contributed by atoms with E-state index in [-0.39, 0.29) is 5.78 Å². The summed E-state index contributed by atoms with van der Waals surface area (Å²) in [6.07, 6.45) is 0. The first kappa shape index (κ1) is 13.6. The van der Waals surface area contributed by atoms with Gasteiger partial charge in [0, 0.05) is 21.3 Å². The fraction of sp³-hybridized carbons (Fsp3) is 0.133. The van der Waals surface area contributed by atoms with Gasteiger partial charge < -0.3 is 10.5 Å². The van der Waals surface area contributed by atoms with E-state index in [9.17, 15) is 4.79 Å². The molecule has 0 atom stereocenters. The third-order valence-corrected chi connectivity index (χ3v) is 3.18. The van der Waals surface area contributed by atoms with Crippen molar-refractivity contribution < 1.29 is 9.53 Å². The number of hydrogen-bond acceptors (Lipinski definition) is 3. The smallest absolute Gasteiger partial charge is 0.195 e. The van der Waals surface area contributed by atoms with Crippen LogP contribution in [0.5, 0.6) is 5.75 Å². The molecule has 0 heterocycles. The predicted octanol–water partition coefficient (Wildman–Crippen LogP) is 3.66. The molecule has 0 saturated carbocycles. The average Bonchev–Trinajstić information content (AvgIpc) is 2.42. The van der Waals surface area contributed by atoms with Gasteiger partial charge >= 0.3 is 0 Å². The maximum Gasteiger partial charge on any atom is 0.195 e. The normalized spacial score (nSPS) is 10.2. The Morgan fingerprint density at radius 3 is 2.53 bits per heavy atom. The van der Waals surface area contributed by atoms with Crippen LogP contribution in [-0.4, -0.2) is 12.4 Å². The second-order valence-electron chi connectivity index (χ2n) is 4.02. The van der Waals surface area contributed by atoms with Gasteiger partial charge in [-0.1, -0.05) is 15.9 Å². The first-order valence-corrected chi connectivity index (χ1v) is 6.73. The number of carbonyl (C=O) groups excluding carboxylic acids is 1. The van der Waals surface area contributed by atoms with Gasteiger partial charge in [-0.2, -0.15) is 0 Å². The summed E-state index contributed by atoms with van der Waals surface area (Å²) >= 11 is 3.34. The van der Waals surface area contributed by atoms with E-state index in [4.69, 9.17) is 10.5 Å². The summed E-state index contributed by atoms with van der Waals surface area (Å²) in [4.78, 5) is 12.3. The van der Waals surface area contributed by atoms with E-state index in [1.807, 2.05) is 13.0 Å². The lowest BCUT2D eigenvalue weighted by Gasteiger charge is -2.07. The molecule has 2 aromatic rings. The molecule has 2 rings (SSSR count). The van der Waals surface area contributed by atoms with Crippen LogP contribution in [-0.2, 0) is 0 Å². The second kappa shape index (κ2) is 5.89. The quantitative estimate of drug-likeness (QED) is 0.691. The standard InChI is InChI=1S/C15H14BrNO2/c1-2-19-12-6-3-10(4-7-12)15(18)13-9-11(16)5-8-14(13)17/h3-9H,2,17H2,1H3. The van der Waals surface area contributed by atoms with Crippen LogP contribution in [0.25, 0.3) is 0 Å². The molecule has 0 spiro atoms. The van der Waals surface area contributed by atoms with Crippen molar-refractivity contribution in [2.75, 3.05) is 12.3 Å². The Labute approximate surface area is 120 Å². The molecule has 0 amide bonds. The molecule has 2 aromatic carbocycles. The Balaban J connectivity index is 2.30. The van der Waals surface area contributed by atoms with Crippen molar-refractivity contribution in [2.45, 2.75) is 6.92 Å².